The van der Waals surface area contributed by atoms with Gasteiger partial charge in [-0.2, -0.15) is 0 Å². The number of benzene rings is 2. The highest BCUT2D eigenvalue weighted by molar-refractivity contribution is 6.31. The van der Waals surface area contributed by atoms with E-state index in [0.29, 0.717) is 33.7 Å². The van der Waals surface area contributed by atoms with Gasteiger partial charge in [-0.3, -0.25) is 0 Å². The Kier molecular flexibility index (Phi) is 10.0. The first-order valence-corrected chi connectivity index (χ1v) is 10.6. The lowest BCUT2D eigenvalue weighted by molar-refractivity contribution is 0.284. The van der Waals surface area contributed by atoms with Gasteiger partial charge in [-0.15, -0.1) is 0 Å². The van der Waals surface area contributed by atoms with E-state index < -0.39 is 0 Å². The normalized spacial score (nSPS) is 11.1. The molecular weight excluding hydrogens is 414 g/mol. The summed E-state index contributed by atoms with van der Waals surface area (Å²) in [4.78, 5) is 2.40. The van der Waals surface area contributed by atoms with Gasteiger partial charge in [0, 0.05) is 23.2 Å². The predicted octanol–water partition coefficient (Wildman–Crippen LogP) is 5.54. The van der Waals surface area contributed by atoms with Crippen molar-refractivity contribution in [2.24, 2.45) is 0 Å². The quantitative estimate of drug-likeness (QED) is 0.437. The summed E-state index contributed by atoms with van der Waals surface area (Å²) in [5.41, 5.74) is 1.63. The maximum absolute atomic E-state index is 13.2. The maximum Gasteiger partial charge on any atom is 0.163 e. The van der Waals surface area contributed by atoms with Crippen molar-refractivity contribution in [3.63, 3.8) is 0 Å². The van der Waals surface area contributed by atoms with Crippen molar-refractivity contribution in [2.45, 2.75) is 33.4 Å². The average molecular weight is 443 g/mol. The molecule has 0 aliphatic carbocycles. The zero-order valence-electron chi connectivity index (χ0n) is 17.2. The first kappa shape index (κ1) is 23.7. The molecule has 2 aromatic rings. The average Bonchev–Trinajstić information content (AvgIpc) is 2.71. The highest BCUT2D eigenvalue weighted by Gasteiger charge is 2.12. The van der Waals surface area contributed by atoms with Crippen LogP contribution in [0.1, 0.15) is 31.4 Å². The molecule has 0 radical (unpaired) electrons. The van der Waals surface area contributed by atoms with Crippen LogP contribution < -0.4 is 14.8 Å². The van der Waals surface area contributed by atoms with Crippen molar-refractivity contribution >= 4 is 23.2 Å². The van der Waals surface area contributed by atoms with Crippen LogP contribution in [0.15, 0.2) is 30.3 Å². The number of methoxy groups -OCH3 is 1. The standard InChI is InChI=1S/C22H29Cl2FN2O2/c1-4-27(5-2)10-6-9-26-14-17-11-21(28-3)22(13-20(17)24)29-15-16-7-8-18(25)12-19(16)23/h7-8,11-13,26H,4-6,9-10,14-15H2,1-3H3. The van der Waals surface area contributed by atoms with Crippen molar-refractivity contribution in [3.05, 3.63) is 57.3 Å². The van der Waals surface area contributed by atoms with E-state index >= 15 is 0 Å². The molecule has 0 saturated carbocycles. The minimum absolute atomic E-state index is 0.189. The first-order valence-electron chi connectivity index (χ1n) is 9.84. The van der Waals surface area contributed by atoms with Crippen LogP contribution in [0.4, 0.5) is 4.39 Å². The Morgan fingerprint density at radius 3 is 2.38 bits per heavy atom. The second-order valence-electron chi connectivity index (χ2n) is 6.68. The predicted molar refractivity (Wildman–Crippen MR) is 118 cm³/mol. The molecule has 0 fully saturated rings. The molecule has 0 aliphatic heterocycles. The molecule has 4 nitrogen and oxygen atoms in total. The second-order valence-corrected chi connectivity index (χ2v) is 7.49. The fourth-order valence-corrected chi connectivity index (χ4v) is 3.41. The van der Waals surface area contributed by atoms with E-state index in [1.807, 2.05) is 6.07 Å². The number of hydrogen-bond donors (Lipinski definition) is 1. The van der Waals surface area contributed by atoms with Gasteiger partial charge in [0.25, 0.3) is 0 Å². The van der Waals surface area contributed by atoms with Crippen molar-refractivity contribution < 1.29 is 13.9 Å². The van der Waals surface area contributed by atoms with Gasteiger partial charge in [0.05, 0.1) is 12.1 Å². The molecule has 0 bridgehead atoms. The van der Waals surface area contributed by atoms with E-state index in [1.54, 1.807) is 19.2 Å². The highest BCUT2D eigenvalue weighted by atomic mass is 35.5. The number of nitrogens with zero attached hydrogens (tertiary/aromatic N) is 1. The number of hydrogen-bond acceptors (Lipinski definition) is 4. The van der Waals surface area contributed by atoms with E-state index in [4.69, 9.17) is 32.7 Å². The third-order valence-corrected chi connectivity index (χ3v) is 5.47. The summed E-state index contributed by atoms with van der Waals surface area (Å²) in [6, 6.07) is 7.83. The maximum atomic E-state index is 13.2. The zero-order chi connectivity index (χ0) is 21.2. The molecule has 0 unspecified atom stereocenters. The van der Waals surface area contributed by atoms with Gasteiger partial charge >= 0.3 is 0 Å². The minimum Gasteiger partial charge on any atom is -0.493 e. The lowest BCUT2D eigenvalue weighted by Crippen LogP contribution is -2.27. The minimum atomic E-state index is -0.381. The molecule has 0 saturated heterocycles. The Balaban J connectivity index is 1.94. The van der Waals surface area contributed by atoms with Crippen LogP contribution >= 0.6 is 23.2 Å². The summed E-state index contributed by atoms with van der Waals surface area (Å²) in [5.74, 6) is 0.726. The van der Waals surface area contributed by atoms with Crippen molar-refractivity contribution in [1.29, 1.82) is 0 Å². The summed E-state index contributed by atoms with van der Waals surface area (Å²) < 4.78 is 24.5. The van der Waals surface area contributed by atoms with Crippen LogP contribution in [0.3, 0.4) is 0 Å². The summed E-state index contributed by atoms with van der Waals surface area (Å²) in [7, 11) is 1.59. The fourth-order valence-electron chi connectivity index (χ4n) is 2.97. The summed E-state index contributed by atoms with van der Waals surface area (Å²) in [5, 5.41) is 4.35. The molecule has 160 valence electrons. The van der Waals surface area contributed by atoms with E-state index in [-0.39, 0.29) is 12.4 Å². The van der Waals surface area contributed by atoms with Crippen molar-refractivity contribution in [1.82, 2.24) is 10.2 Å². The highest BCUT2D eigenvalue weighted by Crippen LogP contribution is 2.34. The number of rotatable bonds is 12. The van der Waals surface area contributed by atoms with Gasteiger partial charge < -0.3 is 19.7 Å². The summed E-state index contributed by atoms with van der Waals surface area (Å²) >= 11 is 12.5. The van der Waals surface area contributed by atoms with E-state index in [0.717, 1.165) is 38.2 Å². The number of nitrogens with one attached hydrogen (secondary N) is 1. The molecular formula is C22H29Cl2FN2O2. The van der Waals surface area contributed by atoms with Gasteiger partial charge in [0.15, 0.2) is 11.5 Å². The third-order valence-electron chi connectivity index (χ3n) is 4.77. The zero-order valence-corrected chi connectivity index (χ0v) is 18.7. The topological polar surface area (TPSA) is 33.7 Å². The molecule has 0 atom stereocenters. The second kappa shape index (κ2) is 12.2. The molecule has 0 spiro atoms. The molecule has 0 heterocycles. The van der Waals surface area contributed by atoms with Crippen LogP contribution in [0, 0.1) is 5.82 Å². The van der Waals surface area contributed by atoms with Crippen LogP contribution in [-0.2, 0) is 13.2 Å². The Hall–Kier alpha value is -1.53. The largest absolute Gasteiger partial charge is 0.493 e. The van der Waals surface area contributed by atoms with Crippen molar-refractivity contribution in [3.8, 4) is 11.5 Å². The lowest BCUT2D eigenvalue weighted by atomic mass is 10.2. The van der Waals surface area contributed by atoms with E-state index in [1.165, 1.54) is 12.1 Å². The van der Waals surface area contributed by atoms with E-state index in [2.05, 4.69) is 24.1 Å². The van der Waals surface area contributed by atoms with Crippen molar-refractivity contribution in [2.75, 3.05) is 33.3 Å². The fraction of sp³-hybridized carbons (Fsp3) is 0.455. The molecule has 7 heteroatoms. The molecule has 0 amide bonds. The smallest absolute Gasteiger partial charge is 0.163 e. The number of halogens is 3. The van der Waals surface area contributed by atoms with Crippen LogP contribution in [0.2, 0.25) is 10.0 Å². The SMILES string of the molecule is CCN(CC)CCCNCc1cc(OC)c(OCc2ccc(F)cc2Cl)cc1Cl. The Morgan fingerprint density at radius 2 is 1.72 bits per heavy atom. The van der Waals surface area contributed by atoms with Gasteiger partial charge in [-0.25, -0.2) is 4.39 Å². The van der Waals surface area contributed by atoms with Gasteiger partial charge in [-0.1, -0.05) is 43.1 Å². The summed E-state index contributed by atoms with van der Waals surface area (Å²) in [6.45, 7) is 9.33. The van der Waals surface area contributed by atoms with Gasteiger partial charge in [-0.05, 0) is 56.4 Å². The Labute approximate surface area is 182 Å². The molecule has 29 heavy (non-hydrogen) atoms. The first-order chi connectivity index (χ1) is 14.0. The number of ether oxygens (including phenoxy) is 2. The molecule has 2 aromatic carbocycles. The van der Waals surface area contributed by atoms with E-state index in [9.17, 15) is 4.39 Å². The van der Waals surface area contributed by atoms with Gasteiger partial charge in [0.1, 0.15) is 12.4 Å². The molecule has 0 aromatic heterocycles. The molecule has 2 rings (SSSR count). The Bertz CT molecular complexity index is 786. The lowest BCUT2D eigenvalue weighted by Gasteiger charge is -2.18. The molecule has 0 aliphatic rings. The van der Waals surface area contributed by atoms with Crippen LogP contribution in [0.5, 0.6) is 11.5 Å². The third kappa shape index (κ3) is 7.34. The monoisotopic (exact) mass is 442 g/mol. The summed E-state index contributed by atoms with van der Waals surface area (Å²) in [6.07, 6.45) is 1.08. The van der Waals surface area contributed by atoms with Gasteiger partial charge in [0.2, 0.25) is 0 Å². The Morgan fingerprint density at radius 1 is 1.00 bits per heavy atom. The van der Waals surface area contributed by atoms with Crippen LogP contribution in [-0.4, -0.2) is 38.2 Å². The van der Waals surface area contributed by atoms with Crippen LogP contribution in [0.25, 0.3) is 0 Å². The molecule has 1 N–H and O–H groups in total.